The summed E-state index contributed by atoms with van der Waals surface area (Å²) in [6.07, 6.45) is 23.1. The van der Waals surface area contributed by atoms with E-state index in [4.69, 9.17) is 20.9 Å². The highest BCUT2D eigenvalue weighted by Crippen LogP contribution is 2.48. The first-order valence-corrected chi connectivity index (χ1v) is 18.8. The van der Waals surface area contributed by atoms with Gasteiger partial charge in [0.25, 0.3) is 0 Å². The van der Waals surface area contributed by atoms with Gasteiger partial charge in [-0.2, -0.15) is 0 Å². The summed E-state index contributed by atoms with van der Waals surface area (Å²) in [5.41, 5.74) is 16.0. The molecule has 4 nitrogen and oxygen atoms in total. The standard InChI is InChI=1S/C44H58N2O2/c1-2-3-4-5-6-7-8-9-10-11-12-13-16-35-29-31-44(32-30-35,36-21-25-40(26-22-36)47-42-19-14-17-38(45)33-42)37-23-27-41(28-24-37)48-43-20-15-18-39(46)34-43/h14-15,17-28,33-35H,2-13,16,29-32,45-46H2,1H3. The molecule has 4 heteroatoms. The van der Waals surface area contributed by atoms with E-state index >= 15 is 0 Å². The van der Waals surface area contributed by atoms with Gasteiger partial charge in [-0.3, -0.25) is 0 Å². The number of benzene rings is 4. The van der Waals surface area contributed by atoms with Crippen molar-refractivity contribution in [1.29, 1.82) is 0 Å². The molecule has 0 bridgehead atoms. The van der Waals surface area contributed by atoms with Crippen LogP contribution in [0.2, 0.25) is 0 Å². The zero-order valence-corrected chi connectivity index (χ0v) is 29.3. The van der Waals surface area contributed by atoms with Crippen LogP contribution in [0.4, 0.5) is 11.4 Å². The molecular weight excluding hydrogens is 588 g/mol. The normalized spacial score (nSPS) is 14.5. The second-order valence-corrected chi connectivity index (χ2v) is 14.1. The lowest BCUT2D eigenvalue weighted by Crippen LogP contribution is -2.33. The maximum atomic E-state index is 6.14. The number of hydrogen-bond donors (Lipinski definition) is 2. The number of hydrogen-bond acceptors (Lipinski definition) is 4. The summed E-state index contributed by atoms with van der Waals surface area (Å²) in [6.45, 7) is 2.29. The lowest BCUT2D eigenvalue weighted by Gasteiger charge is -2.41. The van der Waals surface area contributed by atoms with E-state index in [-0.39, 0.29) is 5.41 Å². The molecular formula is C44H58N2O2. The van der Waals surface area contributed by atoms with Crippen molar-refractivity contribution in [1.82, 2.24) is 0 Å². The third-order valence-electron chi connectivity index (χ3n) is 10.4. The van der Waals surface area contributed by atoms with E-state index in [9.17, 15) is 0 Å². The summed E-state index contributed by atoms with van der Waals surface area (Å²) in [4.78, 5) is 0. The molecule has 1 aliphatic rings. The van der Waals surface area contributed by atoms with Crippen LogP contribution < -0.4 is 20.9 Å². The molecule has 4 aromatic carbocycles. The van der Waals surface area contributed by atoms with E-state index in [1.54, 1.807) is 0 Å². The largest absolute Gasteiger partial charge is 0.457 e. The van der Waals surface area contributed by atoms with Gasteiger partial charge in [-0.1, -0.05) is 127 Å². The van der Waals surface area contributed by atoms with Crippen molar-refractivity contribution in [3.05, 3.63) is 108 Å². The predicted octanol–water partition coefficient (Wildman–Crippen LogP) is 13.0. The van der Waals surface area contributed by atoms with Crippen LogP contribution in [-0.4, -0.2) is 0 Å². The number of rotatable bonds is 19. The van der Waals surface area contributed by atoms with Crippen LogP contribution in [-0.2, 0) is 5.41 Å². The molecule has 0 aliphatic heterocycles. The number of nitrogen functional groups attached to an aromatic ring is 2. The molecule has 0 radical (unpaired) electrons. The third-order valence-corrected chi connectivity index (χ3v) is 10.4. The van der Waals surface area contributed by atoms with E-state index in [1.807, 2.05) is 48.5 Å². The summed E-state index contributed by atoms with van der Waals surface area (Å²) >= 11 is 0. The Bertz CT molecular complexity index is 1400. The highest BCUT2D eigenvalue weighted by molar-refractivity contribution is 5.48. The Morgan fingerprint density at radius 1 is 0.521 bits per heavy atom. The first kappa shape index (κ1) is 35.4. The SMILES string of the molecule is CCCCCCCCCCCCCCC1CCC(c2ccc(Oc3cccc(N)c3)cc2)(c2ccc(Oc3cccc(N)c3)cc2)CC1. The van der Waals surface area contributed by atoms with Gasteiger partial charge in [-0.25, -0.2) is 0 Å². The molecule has 1 aliphatic carbocycles. The minimum absolute atomic E-state index is 0.0293. The van der Waals surface area contributed by atoms with Crippen LogP contribution in [0.5, 0.6) is 23.0 Å². The van der Waals surface area contributed by atoms with Crippen molar-refractivity contribution in [2.75, 3.05) is 11.5 Å². The molecule has 0 amide bonds. The fraction of sp³-hybridized carbons (Fsp3) is 0.455. The highest BCUT2D eigenvalue weighted by atomic mass is 16.5. The molecule has 48 heavy (non-hydrogen) atoms. The van der Waals surface area contributed by atoms with Crippen LogP contribution in [0.3, 0.4) is 0 Å². The van der Waals surface area contributed by atoms with Gasteiger partial charge >= 0.3 is 0 Å². The minimum atomic E-state index is -0.0293. The monoisotopic (exact) mass is 646 g/mol. The van der Waals surface area contributed by atoms with E-state index in [1.165, 1.54) is 107 Å². The number of ether oxygens (including phenoxy) is 2. The highest BCUT2D eigenvalue weighted by Gasteiger charge is 2.38. The zero-order chi connectivity index (χ0) is 33.4. The van der Waals surface area contributed by atoms with Crippen molar-refractivity contribution < 1.29 is 9.47 Å². The smallest absolute Gasteiger partial charge is 0.129 e. The first-order chi connectivity index (χ1) is 23.5. The van der Waals surface area contributed by atoms with Gasteiger partial charge in [0.1, 0.15) is 23.0 Å². The quantitative estimate of drug-likeness (QED) is 0.0785. The van der Waals surface area contributed by atoms with Crippen molar-refractivity contribution in [2.45, 2.75) is 121 Å². The van der Waals surface area contributed by atoms with Gasteiger partial charge in [0.15, 0.2) is 0 Å². The summed E-state index contributed by atoms with van der Waals surface area (Å²) in [7, 11) is 0. The number of unbranched alkanes of at least 4 members (excludes halogenated alkanes) is 11. The maximum absolute atomic E-state index is 6.14. The van der Waals surface area contributed by atoms with Gasteiger partial charge < -0.3 is 20.9 Å². The molecule has 1 saturated carbocycles. The third kappa shape index (κ3) is 10.5. The molecule has 4 N–H and O–H groups in total. The number of anilines is 2. The van der Waals surface area contributed by atoms with Crippen LogP contribution in [0.1, 0.15) is 127 Å². The van der Waals surface area contributed by atoms with Crippen molar-refractivity contribution in [3.63, 3.8) is 0 Å². The number of nitrogens with two attached hydrogens (primary N) is 2. The lowest BCUT2D eigenvalue weighted by molar-refractivity contribution is 0.250. The van der Waals surface area contributed by atoms with Crippen LogP contribution >= 0.6 is 0 Å². The Labute approximate surface area is 290 Å². The predicted molar refractivity (Wildman–Crippen MR) is 203 cm³/mol. The fourth-order valence-corrected chi connectivity index (χ4v) is 7.59. The topological polar surface area (TPSA) is 70.5 Å². The van der Waals surface area contributed by atoms with Gasteiger partial charge in [0.05, 0.1) is 0 Å². The Hall–Kier alpha value is -3.92. The van der Waals surface area contributed by atoms with Crippen molar-refractivity contribution in [2.24, 2.45) is 5.92 Å². The Morgan fingerprint density at radius 3 is 1.35 bits per heavy atom. The molecule has 0 saturated heterocycles. The Balaban J connectivity index is 1.17. The molecule has 0 spiro atoms. The maximum Gasteiger partial charge on any atom is 0.129 e. The minimum Gasteiger partial charge on any atom is -0.457 e. The van der Waals surface area contributed by atoms with E-state index < -0.39 is 0 Å². The van der Waals surface area contributed by atoms with E-state index in [2.05, 4.69) is 55.5 Å². The average molecular weight is 647 g/mol. The molecule has 1 fully saturated rings. The van der Waals surface area contributed by atoms with Crippen molar-refractivity contribution >= 4 is 11.4 Å². The molecule has 0 unspecified atom stereocenters. The molecule has 5 rings (SSSR count). The second-order valence-electron chi connectivity index (χ2n) is 14.1. The van der Waals surface area contributed by atoms with Crippen LogP contribution in [0, 0.1) is 5.92 Å². The van der Waals surface area contributed by atoms with E-state index in [0.29, 0.717) is 11.4 Å². The van der Waals surface area contributed by atoms with Crippen LogP contribution in [0.15, 0.2) is 97.1 Å². The summed E-state index contributed by atoms with van der Waals surface area (Å²) in [5, 5.41) is 0. The second kappa shape index (κ2) is 18.6. The Morgan fingerprint density at radius 2 is 0.938 bits per heavy atom. The fourth-order valence-electron chi connectivity index (χ4n) is 7.59. The molecule has 4 aromatic rings. The summed E-state index contributed by atoms with van der Waals surface area (Å²) < 4.78 is 12.3. The van der Waals surface area contributed by atoms with E-state index in [0.717, 1.165) is 41.8 Å². The lowest BCUT2D eigenvalue weighted by atomic mass is 9.62. The van der Waals surface area contributed by atoms with Gasteiger partial charge in [-0.15, -0.1) is 0 Å². The zero-order valence-electron chi connectivity index (χ0n) is 29.3. The summed E-state index contributed by atoms with van der Waals surface area (Å²) in [6, 6.07) is 32.7. The van der Waals surface area contributed by atoms with Gasteiger partial charge in [-0.05, 0) is 91.3 Å². The van der Waals surface area contributed by atoms with Crippen LogP contribution in [0.25, 0.3) is 0 Å². The van der Waals surface area contributed by atoms with Crippen molar-refractivity contribution in [3.8, 4) is 23.0 Å². The molecule has 0 heterocycles. The average Bonchev–Trinajstić information content (AvgIpc) is 3.10. The van der Waals surface area contributed by atoms with Gasteiger partial charge in [0, 0.05) is 28.9 Å². The first-order valence-electron chi connectivity index (χ1n) is 18.8. The summed E-state index contributed by atoms with van der Waals surface area (Å²) in [5.74, 6) is 3.98. The molecule has 256 valence electrons. The molecule has 0 atom stereocenters. The Kier molecular flexibility index (Phi) is 13.7. The van der Waals surface area contributed by atoms with Gasteiger partial charge in [0.2, 0.25) is 0 Å². The molecule has 0 aromatic heterocycles.